The predicted octanol–water partition coefficient (Wildman–Crippen LogP) is 1.29. The van der Waals surface area contributed by atoms with E-state index in [0.29, 0.717) is 25.3 Å². The number of amides is 2. The number of ether oxygens (including phenoxy) is 1. The molecule has 6 heteroatoms. The molecule has 21 heavy (non-hydrogen) atoms. The van der Waals surface area contributed by atoms with E-state index in [-0.39, 0.29) is 18.6 Å². The van der Waals surface area contributed by atoms with Gasteiger partial charge >= 0.3 is 12.0 Å². The molecule has 1 aromatic carbocycles. The van der Waals surface area contributed by atoms with E-state index in [4.69, 9.17) is 4.74 Å². The summed E-state index contributed by atoms with van der Waals surface area (Å²) in [6.45, 7) is 3.52. The van der Waals surface area contributed by atoms with Crippen LogP contribution in [0.3, 0.4) is 0 Å². The molecule has 0 bridgehead atoms. The molecule has 1 fully saturated rings. The summed E-state index contributed by atoms with van der Waals surface area (Å²) in [4.78, 5) is 25.2. The van der Waals surface area contributed by atoms with Gasteiger partial charge in [0.15, 0.2) is 0 Å². The maximum absolute atomic E-state index is 12.1. The maximum atomic E-state index is 12.1. The lowest BCUT2D eigenvalue weighted by molar-refractivity contribution is -0.138. The summed E-state index contributed by atoms with van der Waals surface area (Å²) < 4.78 is 5.28. The van der Waals surface area contributed by atoms with Gasteiger partial charge in [0.05, 0.1) is 25.2 Å². The first-order chi connectivity index (χ1) is 10.1. The summed E-state index contributed by atoms with van der Waals surface area (Å²) in [6, 6.07) is 8.67. The lowest BCUT2D eigenvalue weighted by Crippen LogP contribution is -2.52. The van der Waals surface area contributed by atoms with Gasteiger partial charge in [-0.15, -0.1) is 0 Å². The lowest BCUT2D eigenvalue weighted by atomic mass is 9.99. The van der Waals surface area contributed by atoms with Crippen LogP contribution in [-0.4, -0.2) is 54.4 Å². The van der Waals surface area contributed by atoms with Crippen molar-refractivity contribution in [3.05, 3.63) is 35.9 Å². The molecule has 1 saturated heterocycles. The van der Waals surface area contributed by atoms with Crippen molar-refractivity contribution in [3.8, 4) is 0 Å². The highest BCUT2D eigenvalue weighted by Crippen LogP contribution is 2.15. The summed E-state index contributed by atoms with van der Waals surface area (Å²) in [6.07, 6.45) is 0. The average molecular weight is 292 g/mol. The molecule has 2 rings (SSSR count). The highest BCUT2D eigenvalue weighted by atomic mass is 16.5. The number of rotatable bonds is 4. The van der Waals surface area contributed by atoms with Crippen molar-refractivity contribution in [1.82, 2.24) is 10.2 Å². The molecule has 0 aromatic heterocycles. The molecule has 1 aromatic rings. The Morgan fingerprint density at radius 3 is 2.76 bits per heavy atom. The average Bonchev–Trinajstić information content (AvgIpc) is 2.48. The van der Waals surface area contributed by atoms with Crippen LogP contribution in [0.1, 0.15) is 18.4 Å². The topological polar surface area (TPSA) is 78.9 Å². The third kappa shape index (κ3) is 3.95. The molecule has 0 aliphatic carbocycles. The Morgan fingerprint density at radius 2 is 2.14 bits per heavy atom. The zero-order valence-electron chi connectivity index (χ0n) is 12.0. The summed E-state index contributed by atoms with van der Waals surface area (Å²) in [5.41, 5.74) is 0.681. The van der Waals surface area contributed by atoms with Crippen molar-refractivity contribution in [2.75, 3.05) is 26.3 Å². The van der Waals surface area contributed by atoms with Crippen molar-refractivity contribution in [2.24, 2.45) is 0 Å². The Labute approximate surface area is 123 Å². The number of carboxylic acids is 1. The molecule has 1 aliphatic heterocycles. The monoisotopic (exact) mass is 292 g/mol. The number of carboxylic acid groups (broad SMARTS) is 1. The fourth-order valence-electron chi connectivity index (χ4n) is 2.35. The van der Waals surface area contributed by atoms with E-state index < -0.39 is 11.9 Å². The van der Waals surface area contributed by atoms with Crippen LogP contribution in [0.15, 0.2) is 30.3 Å². The van der Waals surface area contributed by atoms with Crippen LogP contribution in [0.4, 0.5) is 4.79 Å². The minimum atomic E-state index is -0.948. The smallest absolute Gasteiger partial charge is 0.317 e. The maximum Gasteiger partial charge on any atom is 0.317 e. The Balaban J connectivity index is 1.96. The van der Waals surface area contributed by atoms with Crippen molar-refractivity contribution in [1.29, 1.82) is 0 Å². The van der Waals surface area contributed by atoms with Crippen LogP contribution in [-0.2, 0) is 9.53 Å². The van der Waals surface area contributed by atoms with Gasteiger partial charge in [-0.3, -0.25) is 4.79 Å². The van der Waals surface area contributed by atoms with Crippen LogP contribution in [0.2, 0.25) is 0 Å². The lowest BCUT2D eigenvalue weighted by Gasteiger charge is -2.33. The third-order valence-electron chi connectivity index (χ3n) is 3.59. The highest BCUT2D eigenvalue weighted by molar-refractivity contribution is 5.79. The quantitative estimate of drug-likeness (QED) is 0.876. The van der Waals surface area contributed by atoms with Gasteiger partial charge in [-0.05, 0) is 12.5 Å². The fourth-order valence-corrected chi connectivity index (χ4v) is 2.35. The highest BCUT2D eigenvalue weighted by Gasteiger charge is 2.26. The van der Waals surface area contributed by atoms with E-state index in [1.807, 2.05) is 13.0 Å². The Morgan fingerprint density at radius 1 is 1.43 bits per heavy atom. The van der Waals surface area contributed by atoms with E-state index in [1.54, 1.807) is 29.2 Å². The first-order valence-electron chi connectivity index (χ1n) is 6.99. The minimum Gasteiger partial charge on any atom is -0.481 e. The number of aliphatic carboxylic acids is 1. The minimum absolute atomic E-state index is 0.00115. The van der Waals surface area contributed by atoms with Crippen LogP contribution in [0.25, 0.3) is 0 Å². The van der Waals surface area contributed by atoms with E-state index in [2.05, 4.69) is 5.32 Å². The first kappa shape index (κ1) is 15.3. The summed E-state index contributed by atoms with van der Waals surface area (Å²) in [5.74, 6) is -1.69. The van der Waals surface area contributed by atoms with Gasteiger partial charge in [0.2, 0.25) is 0 Å². The molecule has 114 valence electrons. The third-order valence-corrected chi connectivity index (χ3v) is 3.59. The molecule has 2 amide bonds. The van der Waals surface area contributed by atoms with E-state index in [9.17, 15) is 14.7 Å². The normalized spacial score (nSPS) is 19.9. The molecule has 1 heterocycles. The van der Waals surface area contributed by atoms with Crippen molar-refractivity contribution in [3.63, 3.8) is 0 Å². The molecular weight excluding hydrogens is 272 g/mol. The van der Waals surface area contributed by atoms with Gasteiger partial charge in [-0.25, -0.2) is 4.79 Å². The van der Waals surface area contributed by atoms with Gasteiger partial charge in [-0.2, -0.15) is 0 Å². The van der Waals surface area contributed by atoms with Gasteiger partial charge in [0.1, 0.15) is 0 Å². The molecule has 0 radical (unpaired) electrons. The second-order valence-corrected chi connectivity index (χ2v) is 5.10. The van der Waals surface area contributed by atoms with Crippen LogP contribution in [0.5, 0.6) is 0 Å². The molecule has 2 N–H and O–H groups in total. The van der Waals surface area contributed by atoms with Gasteiger partial charge in [0, 0.05) is 13.1 Å². The zero-order chi connectivity index (χ0) is 15.2. The standard InChI is InChI=1S/C15H20N2O4/c1-11-10-21-8-7-17(11)15(20)16-9-13(14(18)19)12-5-3-2-4-6-12/h2-6,11,13H,7-10H2,1H3,(H,16,20)(H,18,19). The number of hydrogen-bond acceptors (Lipinski definition) is 3. The first-order valence-corrected chi connectivity index (χ1v) is 6.99. The fraction of sp³-hybridized carbons (Fsp3) is 0.467. The predicted molar refractivity (Wildman–Crippen MR) is 77.2 cm³/mol. The van der Waals surface area contributed by atoms with Crippen molar-refractivity contribution < 1.29 is 19.4 Å². The second kappa shape index (κ2) is 7.08. The molecule has 2 unspecified atom stereocenters. The number of benzene rings is 1. The summed E-state index contributed by atoms with van der Waals surface area (Å²) >= 11 is 0. The van der Waals surface area contributed by atoms with Crippen LogP contribution in [0, 0.1) is 0 Å². The van der Waals surface area contributed by atoms with Crippen LogP contribution < -0.4 is 5.32 Å². The van der Waals surface area contributed by atoms with E-state index in [0.717, 1.165) is 0 Å². The Hall–Kier alpha value is -2.08. The Kier molecular flexibility index (Phi) is 5.16. The van der Waals surface area contributed by atoms with E-state index in [1.165, 1.54) is 0 Å². The van der Waals surface area contributed by atoms with Gasteiger partial charge < -0.3 is 20.1 Å². The molecule has 6 nitrogen and oxygen atoms in total. The molecule has 2 atom stereocenters. The van der Waals surface area contributed by atoms with Crippen molar-refractivity contribution >= 4 is 12.0 Å². The number of hydrogen-bond donors (Lipinski definition) is 2. The van der Waals surface area contributed by atoms with Crippen LogP contribution >= 0.6 is 0 Å². The Bertz CT molecular complexity index is 492. The number of nitrogens with one attached hydrogen (secondary N) is 1. The number of morpholine rings is 1. The number of carbonyl (C=O) groups excluding carboxylic acids is 1. The van der Waals surface area contributed by atoms with Gasteiger partial charge in [0.25, 0.3) is 0 Å². The second-order valence-electron chi connectivity index (χ2n) is 5.10. The molecule has 0 saturated carbocycles. The SMILES string of the molecule is CC1COCCN1C(=O)NCC(C(=O)O)c1ccccc1. The molecule has 0 spiro atoms. The van der Waals surface area contributed by atoms with Gasteiger partial charge in [-0.1, -0.05) is 30.3 Å². The largest absolute Gasteiger partial charge is 0.481 e. The van der Waals surface area contributed by atoms with Crippen molar-refractivity contribution in [2.45, 2.75) is 18.9 Å². The number of carbonyl (C=O) groups is 2. The molecule has 1 aliphatic rings. The number of urea groups is 1. The molecular formula is C15H20N2O4. The zero-order valence-corrected chi connectivity index (χ0v) is 12.0. The summed E-state index contributed by atoms with van der Waals surface area (Å²) in [5, 5.41) is 12.0. The number of nitrogens with zero attached hydrogens (tertiary/aromatic N) is 1. The summed E-state index contributed by atoms with van der Waals surface area (Å²) in [7, 11) is 0. The van der Waals surface area contributed by atoms with E-state index >= 15 is 0 Å².